The lowest BCUT2D eigenvalue weighted by molar-refractivity contribution is -0.140. The topological polar surface area (TPSA) is 115 Å². The quantitative estimate of drug-likeness (QED) is 0.552. The number of alkyl halides is 3. The molecule has 1 amide bonds. The molecule has 3 aromatic rings. The molecule has 2 aromatic heterocycles. The molecule has 178 valence electrons. The van der Waals surface area contributed by atoms with E-state index in [0.29, 0.717) is 30.3 Å². The molecule has 4 rings (SSSR count). The number of carbonyl (C=O) groups is 1. The maximum absolute atomic E-state index is 13.3. The monoisotopic (exact) mass is 474 g/mol. The SMILES string of the molecule is COc1ccc(-c2nc(C(=O)N3CCCC3C#CO)c([C@H](C)N)o2)c2ccc(C(F)(F)F)nc12. The van der Waals surface area contributed by atoms with E-state index in [-0.39, 0.29) is 28.6 Å². The number of halogens is 3. The van der Waals surface area contributed by atoms with E-state index in [4.69, 9.17) is 20.0 Å². The summed E-state index contributed by atoms with van der Waals surface area (Å²) in [5.74, 6) is 2.42. The van der Waals surface area contributed by atoms with Gasteiger partial charge in [-0.3, -0.25) is 4.79 Å². The summed E-state index contributed by atoms with van der Waals surface area (Å²) >= 11 is 0. The van der Waals surface area contributed by atoms with Gasteiger partial charge in [-0.25, -0.2) is 9.97 Å². The molecule has 0 radical (unpaired) electrons. The molecule has 1 aliphatic rings. The van der Waals surface area contributed by atoms with Gasteiger partial charge in [0, 0.05) is 17.5 Å². The normalized spacial score (nSPS) is 16.9. The summed E-state index contributed by atoms with van der Waals surface area (Å²) in [6.07, 6.45) is -1.47. The number of fused-ring (bicyclic) bond motifs is 1. The number of aliphatic hydroxyl groups is 1. The minimum atomic E-state index is -4.64. The molecular weight excluding hydrogens is 453 g/mol. The molecular formula is C23H21F3N4O4. The molecule has 1 aromatic carbocycles. The Hall–Kier alpha value is -3.78. The Bertz CT molecular complexity index is 1310. The number of carbonyl (C=O) groups excluding carboxylic acids is 1. The number of aliphatic hydroxyl groups excluding tert-OH is 1. The van der Waals surface area contributed by atoms with Gasteiger partial charge in [-0.15, -0.1) is 0 Å². The van der Waals surface area contributed by atoms with Crippen molar-refractivity contribution in [2.45, 2.75) is 38.0 Å². The van der Waals surface area contributed by atoms with Gasteiger partial charge >= 0.3 is 6.18 Å². The summed E-state index contributed by atoms with van der Waals surface area (Å²) < 4.78 is 50.7. The summed E-state index contributed by atoms with van der Waals surface area (Å²) in [6.45, 7) is 2.05. The highest BCUT2D eigenvalue weighted by molar-refractivity contribution is 5.98. The Morgan fingerprint density at radius 3 is 2.74 bits per heavy atom. The van der Waals surface area contributed by atoms with Crippen molar-refractivity contribution in [3.8, 4) is 29.2 Å². The number of pyridine rings is 1. The van der Waals surface area contributed by atoms with Crippen molar-refractivity contribution in [3.05, 3.63) is 41.4 Å². The van der Waals surface area contributed by atoms with Gasteiger partial charge in [-0.1, -0.05) is 0 Å². The van der Waals surface area contributed by atoms with Gasteiger partial charge in [-0.05, 0) is 50.0 Å². The zero-order valence-electron chi connectivity index (χ0n) is 18.3. The Morgan fingerprint density at radius 1 is 1.32 bits per heavy atom. The fourth-order valence-electron chi connectivity index (χ4n) is 3.98. The highest BCUT2D eigenvalue weighted by atomic mass is 19.4. The molecule has 1 saturated heterocycles. The first-order chi connectivity index (χ1) is 16.2. The smallest absolute Gasteiger partial charge is 0.433 e. The fourth-order valence-corrected chi connectivity index (χ4v) is 3.98. The Balaban J connectivity index is 1.84. The van der Waals surface area contributed by atoms with Gasteiger partial charge in [0.15, 0.2) is 11.5 Å². The summed E-state index contributed by atoms with van der Waals surface area (Å²) in [5, 5.41) is 9.27. The van der Waals surface area contributed by atoms with E-state index in [0.717, 1.165) is 6.07 Å². The predicted molar refractivity (Wildman–Crippen MR) is 115 cm³/mol. The standard InChI is InChI=1S/C23H21F3N4O4/c1-12(27)20-19(22(32)30-10-3-4-13(30)9-11-31)29-21(34-20)15-5-7-16(33-2)18-14(15)6-8-17(28-18)23(24,25)26/h5-8,12-13,31H,3-4,10,27H2,1-2H3/t12-,13?/m0/s1. The van der Waals surface area contributed by atoms with Crippen LogP contribution in [0.25, 0.3) is 22.4 Å². The molecule has 34 heavy (non-hydrogen) atoms. The Kier molecular flexibility index (Phi) is 6.10. The summed E-state index contributed by atoms with van der Waals surface area (Å²) in [4.78, 5) is 22.9. The van der Waals surface area contributed by atoms with Crippen LogP contribution in [0.15, 0.2) is 28.7 Å². The van der Waals surface area contributed by atoms with Crippen LogP contribution in [0.3, 0.4) is 0 Å². The lowest BCUT2D eigenvalue weighted by atomic mass is 10.1. The van der Waals surface area contributed by atoms with Crippen molar-refractivity contribution < 1.29 is 32.2 Å². The average Bonchev–Trinajstić information content (AvgIpc) is 3.45. The first kappa shape index (κ1) is 23.4. The fraction of sp³-hybridized carbons (Fsp3) is 0.348. The Morgan fingerprint density at radius 2 is 2.09 bits per heavy atom. The second-order valence-corrected chi connectivity index (χ2v) is 7.84. The molecule has 1 aliphatic heterocycles. The van der Waals surface area contributed by atoms with Crippen LogP contribution in [0.2, 0.25) is 0 Å². The third-order valence-electron chi connectivity index (χ3n) is 5.58. The number of rotatable bonds is 4. The van der Waals surface area contributed by atoms with Crippen LogP contribution in [0.1, 0.15) is 47.7 Å². The van der Waals surface area contributed by atoms with E-state index in [1.807, 2.05) is 6.11 Å². The summed E-state index contributed by atoms with van der Waals surface area (Å²) in [5.41, 5.74) is 5.25. The van der Waals surface area contributed by atoms with Crippen LogP contribution < -0.4 is 10.5 Å². The second-order valence-electron chi connectivity index (χ2n) is 7.84. The maximum atomic E-state index is 13.3. The first-order valence-electron chi connectivity index (χ1n) is 10.4. The van der Waals surface area contributed by atoms with Crippen molar-refractivity contribution in [2.75, 3.05) is 13.7 Å². The van der Waals surface area contributed by atoms with Crippen LogP contribution in [0, 0.1) is 12.0 Å². The first-order valence-corrected chi connectivity index (χ1v) is 10.4. The zero-order chi connectivity index (χ0) is 24.6. The largest absolute Gasteiger partial charge is 0.494 e. The number of hydrogen-bond acceptors (Lipinski definition) is 7. The van der Waals surface area contributed by atoms with Crippen molar-refractivity contribution in [2.24, 2.45) is 5.73 Å². The van der Waals surface area contributed by atoms with Crippen molar-refractivity contribution in [1.29, 1.82) is 0 Å². The van der Waals surface area contributed by atoms with Crippen LogP contribution in [-0.4, -0.2) is 45.6 Å². The number of nitrogens with two attached hydrogens (primary N) is 1. The van der Waals surface area contributed by atoms with E-state index in [1.54, 1.807) is 13.0 Å². The molecule has 0 aliphatic carbocycles. The van der Waals surface area contributed by atoms with E-state index in [1.165, 1.54) is 24.1 Å². The van der Waals surface area contributed by atoms with E-state index in [2.05, 4.69) is 15.9 Å². The van der Waals surface area contributed by atoms with E-state index in [9.17, 15) is 18.0 Å². The molecule has 1 unspecified atom stereocenters. The number of methoxy groups -OCH3 is 1. The third kappa shape index (κ3) is 4.12. The number of benzene rings is 1. The molecule has 8 nitrogen and oxygen atoms in total. The highest BCUT2D eigenvalue weighted by Gasteiger charge is 2.35. The Labute approximate surface area is 192 Å². The van der Waals surface area contributed by atoms with Crippen molar-refractivity contribution in [1.82, 2.24) is 14.9 Å². The van der Waals surface area contributed by atoms with Gasteiger partial charge in [0.2, 0.25) is 5.89 Å². The average molecular weight is 474 g/mol. The van der Waals surface area contributed by atoms with Crippen molar-refractivity contribution in [3.63, 3.8) is 0 Å². The molecule has 3 N–H and O–H groups in total. The molecule has 2 atom stereocenters. The maximum Gasteiger partial charge on any atom is 0.433 e. The molecule has 11 heteroatoms. The van der Waals surface area contributed by atoms with Crippen LogP contribution in [-0.2, 0) is 6.18 Å². The number of likely N-dealkylation sites (tertiary alicyclic amines) is 1. The highest BCUT2D eigenvalue weighted by Crippen LogP contribution is 2.37. The van der Waals surface area contributed by atoms with Gasteiger partial charge in [-0.2, -0.15) is 13.2 Å². The lowest BCUT2D eigenvalue weighted by Gasteiger charge is -2.19. The molecule has 1 fully saturated rings. The minimum Gasteiger partial charge on any atom is -0.494 e. The third-order valence-corrected chi connectivity index (χ3v) is 5.58. The van der Waals surface area contributed by atoms with Crippen LogP contribution >= 0.6 is 0 Å². The number of hydrogen-bond donors (Lipinski definition) is 2. The number of amides is 1. The zero-order valence-corrected chi connectivity index (χ0v) is 18.3. The number of nitrogens with zero attached hydrogens (tertiary/aromatic N) is 3. The van der Waals surface area contributed by atoms with Gasteiger partial charge in [0.05, 0.1) is 19.2 Å². The van der Waals surface area contributed by atoms with Crippen LogP contribution in [0.4, 0.5) is 13.2 Å². The number of aromatic nitrogens is 2. The lowest BCUT2D eigenvalue weighted by Crippen LogP contribution is -2.35. The van der Waals surface area contributed by atoms with Gasteiger partial charge < -0.3 is 24.9 Å². The van der Waals surface area contributed by atoms with E-state index < -0.39 is 29.9 Å². The summed E-state index contributed by atoms with van der Waals surface area (Å²) in [7, 11) is 1.33. The van der Waals surface area contributed by atoms with Gasteiger partial charge in [0.25, 0.3) is 5.91 Å². The minimum absolute atomic E-state index is 0.00820. The molecule has 0 bridgehead atoms. The number of oxazole rings is 1. The van der Waals surface area contributed by atoms with E-state index >= 15 is 0 Å². The summed E-state index contributed by atoms with van der Waals surface area (Å²) in [6, 6.07) is 3.98. The molecule has 3 heterocycles. The second kappa shape index (κ2) is 8.87. The molecule has 0 spiro atoms. The number of ether oxygens (including phenoxy) is 1. The van der Waals surface area contributed by atoms with Gasteiger partial charge in [0.1, 0.15) is 23.1 Å². The molecule has 0 saturated carbocycles. The van der Waals surface area contributed by atoms with Crippen molar-refractivity contribution >= 4 is 16.8 Å². The van der Waals surface area contributed by atoms with Crippen LogP contribution in [0.5, 0.6) is 5.75 Å². The predicted octanol–water partition coefficient (Wildman–Crippen LogP) is 3.87.